The molecule has 0 spiro atoms. The SMILES string of the molecule is Cc1ccc(S(=O)(=O)N2CCC(C(C)N)CC2)cc1C. The van der Waals surface area contributed by atoms with Crippen molar-refractivity contribution in [3.8, 4) is 0 Å². The molecule has 112 valence electrons. The summed E-state index contributed by atoms with van der Waals surface area (Å²) < 4.78 is 26.8. The van der Waals surface area contributed by atoms with Gasteiger partial charge in [-0.1, -0.05) is 6.07 Å². The quantitative estimate of drug-likeness (QED) is 0.928. The zero-order chi connectivity index (χ0) is 14.9. The van der Waals surface area contributed by atoms with Crippen LogP contribution in [0.3, 0.4) is 0 Å². The molecule has 1 unspecified atom stereocenters. The molecule has 20 heavy (non-hydrogen) atoms. The topological polar surface area (TPSA) is 63.4 Å². The molecule has 0 amide bonds. The van der Waals surface area contributed by atoms with Gasteiger partial charge >= 0.3 is 0 Å². The van der Waals surface area contributed by atoms with E-state index in [-0.39, 0.29) is 6.04 Å². The minimum Gasteiger partial charge on any atom is -0.328 e. The number of sulfonamides is 1. The summed E-state index contributed by atoms with van der Waals surface area (Å²) in [6.45, 7) is 7.07. The molecule has 1 saturated heterocycles. The van der Waals surface area contributed by atoms with Crippen LogP contribution in [0, 0.1) is 19.8 Å². The fourth-order valence-electron chi connectivity index (χ4n) is 2.67. The van der Waals surface area contributed by atoms with Crippen molar-refractivity contribution in [1.29, 1.82) is 0 Å². The van der Waals surface area contributed by atoms with Crippen LogP contribution in [-0.4, -0.2) is 31.9 Å². The van der Waals surface area contributed by atoms with Crippen molar-refractivity contribution in [3.63, 3.8) is 0 Å². The van der Waals surface area contributed by atoms with Gasteiger partial charge in [0.1, 0.15) is 0 Å². The lowest BCUT2D eigenvalue weighted by molar-refractivity contribution is 0.250. The van der Waals surface area contributed by atoms with Crippen molar-refractivity contribution >= 4 is 10.0 Å². The molecular formula is C15H24N2O2S. The van der Waals surface area contributed by atoms with Gasteiger partial charge in [0.15, 0.2) is 0 Å². The highest BCUT2D eigenvalue weighted by atomic mass is 32.2. The average molecular weight is 296 g/mol. The van der Waals surface area contributed by atoms with Crippen LogP contribution in [0.2, 0.25) is 0 Å². The third kappa shape index (κ3) is 3.05. The maximum absolute atomic E-state index is 12.6. The summed E-state index contributed by atoms with van der Waals surface area (Å²) in [7, 11) is -3.36. The summed E-state index contributed by atoms with van der Waals surface area (Å²) in [6, 6.07) is 5.48. The van der Waals surface area contributed by atoms with Crippen LogP contribution in [0.4, 0.5) is 0 Å². The Hall–Kier alpha value is -0.910. The largest absolute Gasteiger partial charge is 0.328 e. The van der Waals surface area contributed by atoms with Crippen LogP contribution in [0.25, 0.3) is 0 Å². The van der Waals surface area contributed by atoms with Gasteiger partial charge in [0.2, 0.25) is 10.0 Å². The van der Waals surface area contributed by atoms with Gasteiger partial charge in [-0.2, -0.15) is 4.31 Å². The van der Waals surface area contributed by atoms with Gasteiger partial charge in [-0.05, 0) is 62.8 Å². The number of benzene rings is 1. The predicted octanol–water partition coefficient (Wildman–Crippen LogP) is 2.05. The minimum atomic E-state index is -3.36. The van der Waals surface area contributed by atoms with E-state index >= 15 is 0 Å². The Labute approximate surface area is 122 Å². The molecule has 1 aliphatic rings. The Morgan fingerprint density at radius 3 is 2.30 bits per heavy atom. The summed E-state index contributed by atoms with van der Waals surface area (Å²) in [5.41, 5.74) is 8.02. The molecule has 1 atom stereocenters. The molecule has 0 aliphatic carbocycles. The molecule has 5 heteroatoms. The van der Waals surface area contributed by atoms with Crippen LogP contribution in [-0.2, 0) is 10.0 Å². The van der Waals surface area contributed by atoms with Gasteiger partial charge in [-0.15, -0.1) is 0 Å². The van der Waals surface area contributed by atoms with Gasteiger partial charge in [-0.25, -0.2) is 8.42 Å². The maximum Gasteiger partial charge on any atom is 0.243 e. The first-order chi connectivity index (χ1) is 9.32. The van der Waals surface area contributed by atoms with Crippen LogP contribution in [0.15, 0.2) is 23.1 Å². The number of hydrogen-bond acceptors (Lipinski definition) is 3. The zero-order valence-corrected chi connectivity index (χ0v) is 13.3. The van der Waals surface area contributed by atoms with Crippen molar-refractivity contribution < 1.29 is 8.42 Å². The van der Waals surface area contributed by atoms with Crippen molar-refractivity contribution in [2.45, 2.75) is 44.6 Å². The minimum absolute atomic E-state index is 0.140. The normalized spacial score (nSPS) is 20.0. The van der Waals surface area contributed by atoms with Crippen molar-refractivity contribution in [1.82, 2.24) is 4.31 Å². The number of piperidine rings is 1. The van der Waals surface area contributed by atoms with Gasteiger partial charge in [-0.3, -0.25) is 0 Å². The average Bonchev–Trinajstić information content (AvgIpc) is 2.41. The van der Waals surface area contributed by atoms with Crippen LogP contribution in [0.5, 0.6) is 0 Å². The third-order valence-electron chi connectivity index (χ3n) is 4.36. The monoisotopic (exact) mass is 296 g/mol. The van der Waals surface area contributed by atoms with E-state index in [9.17, 15) is 8.42 Å². The first-order valence-corrected chi connectivity index (χ1v) is 8.59. The van der Waals surface area contributed by atoms with Crippen LogP contribution < -0.4 is 5.73 Å². The van der Waals surface area contributed by atoms with Crippen LogP contribution >= 0.6 is 0 Å². The van der Waals surface area contributed by atoms with E-state index < -0.39 is 10.0 Å². The molecule has 1 aromatic carbocycles. The number of aryl methyl sites for hydroxylation is 2. The number of nitrogens with two attached hydrogens (primary N) is 1. The molecule has 1 fully saturated rings. The molecule has 4 nitrogen and oxygen atoms in total. The highest BCUT2D eigenvalue weighted by Crippen LogP contribution is 2.26. The van der Waals surface area contributed by atoms with Gasteiger partial charge < -0.3 is 5.73 Å². The van der Waals surface area contributed by atoms with Gasteiger partial charge in [0, 0.05) is 19.1 Å². The smallest absolute Gasteiger partial charge is 0.243 e. The Bertz CT molecular complexity index is 574. The van der Waals surface area contributed by atoms with Gasteiger partial charge in [0.05, 0.1) is 4.90 Å². The first kappa shape index (κ1) is 15.5. The summed E-state index contributed by atoms with van der Waals surface area (Å²) >= 11 is 0. The molecule has 0 bridgehead atoms. The van der Waals surface area contributed by atoms with E-state index in [1.165, 1.54) is 0 Å². The highest BCUT2D eigenvalue weighted by molar-refractivity contribution is 7.89. The van der Waals surface area contributed by atoms with Crippen molar-refractivity contribution in [2.24, 2.45) is 11.7 Å². The van der Waals surface area contributed by atoms with Gasteiger partial charge in [0.25, 0.3) is 0 Å². The van der Waals surface area contributed by atoms with E-state index in [1.54, 1.807) is 16.4 Å². The molecule has 2 rings (SSSR count). The molecule has 0 saturated carbocycles. The lowest BCUT2D eigenvalue weighted by atomic mass is 9.92. The van der Waals surface area contributed by atoms with E-state index in [0.717, 1.165) is 24.0 Å². The summed E-state index contributed by atoms with van der Waals surface area (Å²) in [5.74, 6) is 0.432. The number of rotatable bonds is 3. The Morgan fingerprint density at radius 2 is 1.80 bits per heavy atom. The standard InChI is InChI=1S/C15H24N2O2S/c1-11-4-5-15(10-12(11)2)20(18,19)17-8-6-14(7-9-17)13(3)16/h4-5,10,13-14H,6-9,16H2,1-3H3. The molecule has 1 heterocycles. The molecule has 1 aliphatic heterocycles. The summed E-state index contributed by atoms with van der Waals surface area (Å²) in [6.07, 6.45) is 1.70. The number of hydrogen-bond donors (Lipinski definition) is 1. The second kappa shape index (κ2) is 5.84. The predicted molar refractivity (Wildman–Crippen MR) is 81.0 cm³/mol. The van der Waals surface area contributed by atoms with E-state index in [1.807, 2.05) is 26.8 Å². The zero-order valence-electron chi connectivity index (χ0n) is 12.5. The van der Waals surface area contributed by atoms with E-state index in [0.29, 0.717) is 23.9 Å². The molecule has 0 aromatic heterocycles. The fraction of sp³-hybridized carbons (Fsp3) is 0.600. The summed E-state index contributed by atoms with van der Waals surface area (Å²) in [5, 5.41) is 0. The number of nitrogens with zero attached hydrogens (tertiary/aromatic N) is 1. The Balaban J connectivity index is 2.17. The fourth-order valence-corrected chi connectivity index (χ4v) is 4.22. The lowest BCUT2D eigenvalue weighted by Crippen LogP contribution is -2.42. The maximum atomic E-state index is 12.6. The first-order valence-electron chi connectivity index (χ1n) is 7.15. The van der Waals surface area contributed by atoms with Crippen LogP contribution in [0.1, 0.15) is 30.9 Å². The van der Waals surface area contributed by atoms with E-state index in [2.05, 4.69) is 0 Å². The Morgan fingerprint density at radius 1 is 1.20 bits per heavy atom. The lowest BCUT2D eigenvalue weighted by Gasteiger charge is -2.33. The summed E-state index contributed by atoms with van der Waals surface area (Å²) in [4.78, 5) is 0.403. The van der Waals surface area contributed by atoms with Crippen molar-refractivity contribution in [2.75, 3.05) is 13.1 Å². The molecule has 0 radical (unpaired) electrons. The molecule has 2 N–H and O–H groups in total. The third-order valence-corrected chi connectivity index (χ3v) is 6.25. The highest BCUT2D eigenvalue weighted by Gasteiger charge is 2.30. The Kier molecular flexibility index (Phi) is 4.52. The molecule has 1 aromatic rings. The molecular weight excluding hydrogens is 272 g/mol. The second-order valence-corrected chi connectivity index (χ2v) is 7.78. The second-order valence-electron chi connectivity index (χ2n) is 5.85. The van der Waals surface area contributed by atoms with Crippen molar-refractivity contribution in [3.05, 3.63) is 29.3 Å². The van der Waals surface area contributed by atoms with E-state index in [4.69, 9.17) is 5.73 Å².